The molecule has 0 radical (unpaired) electrons. The van der Waals surface area contributed by atoms with Crippen LogP contribution in [0.5, 0.6) is 5.75 Å². The molecule has 1 aromatic carbocycles. The number of esters is 1. The Kier molecular flexibility index (Phi) is 7.20. The zero-order valence-electron chi connectivity index (χ0n) is 19.1. The van der Waals surface area contributed by atoms with E-state index in [9.17, 15) is 31.5 Å². The zero-order valence-corrected chi connectivity index (χ0v) is 19.1. The third-order valence-corrected chi connectivity index (χ3v) is 5.69. The summed E-state index contributed by atoms with van der Waals surface area (Å²) in [7, 11) is 3.01. The molecular formula is C22H22F5N3O5. The second-order valence-electron chi connectivity index (χ2n) is 7.82. The van der Waals surface area contributed by atoms with Crippen molar-refractivity contribution in [1.29, 1.82) is 0 Å². The van der Waals surface area contributed by atoms with E-state index in [1.54, 1.807) is 0 Å². The molecule has 8 nitrogen and oxygen atoms in total. The van der Waals surface area contributed by atoms with Gasteiger partial charge in [-0.25, -0.2) is 14.2 Å². The van der Waals surface area contributed by atoms with Crippen LogP contribution in [0, 0.1) is 18.6 Å². The molecule has 2 heterocycles. The van der Waals surface area contributed by atoms with Gasteiger partial charge in [0.15, 0.2) is 22.9 Å². The number of alkyl halides is 3. The smallest absolute Gasteiger partial charge is 0.419 e. The van der Waals surface area contributed by atoms with Crippen LogP contribution in [0.1, 0.15) is 22.6 Å². The lowest BCUT2D eigenvalue weighted by molar-refractivity contribution is -0.261. The number of anilines is 2. The van der Waals surface area contributed by atoms with Gasteiger partial charge in [0.25, 0.3) is 0 Å². The molecule has 1 aliphatic rings. The largest absolute Gasteiger partial charge is 0.491 e. The SMILES string of the molecule is COC(=O)c1cc(NC(=O)[C@@H]2C[C@](OC)(C(F)(F)F)CN2c2ccc(F)c(F)c2OC)cc(C)n1. The Morgan fingerprint density at radius 1 is 1.17 bits per heavy atom. The highest BCUT2D eigenvalue weighted by Crippen LogP contribution is 2.47. The van der Waals surface area contributed by atoms with Gasteiger partial charge < -0.3 is 24.4 Å². The minimum Gasteiger partial charge on any atom is -0.491 e. The van der Waals surface area contributed by atoms with Crippen molar-refractivity contribution in [1.82, 2.24) is 4.98 Å². The summed E-state index contributed by atoms with van der Waals surface area (Å²) in [6, 6.07) is 2.80. The molecule has 1 aromatic heterocycles. The van der Waals surface area contributed by atoms with Gasteiger partial charge in [0.2, 0.25) is 11.7 Å². The molecule has 13 heteroatoms. The van der Waals surface area contributed by atoms with Crippen LogP contribution in [0.25, 0.3) is 0 Å². The molecule has 1 saturated heterocycles. The lowest BCUT2D eigenvalue weighted by atomic mass is 9.99. The first-order valence-electron chi connectivity index (χ1n) is 10.2. The minimum absolute atomic E-state index is 0.0713. The third kappa shape index (κ3) is 4.85. The van der Waals surface area contributed by atoms with Crippen molar-refractivity contribution in [2.24, 2.45) is 0 Å². The van der Waals surface area contributed by atoms with E-state index >= 15 is 0 Å². The van der Waals surface area contributed by atoms with Crippen molar-refractivity contribution in [3.63, 3.8) is 0 Å². The summed E-state index contributed by atoms with van der Waals surface area (Å²) in [5.74, 6) is -5.06. The van der Waals surface area contributed by atoms with Crippen molar-refractivity contribution in [3.8, 4) is 5.75 Å². The van der Waals surface area contributed by atoms with Gasteiger partial charge in [-0.05, 0) is 31.2 Å². The van der Waals surface area contributed by atoms with Crippen LogP contribution >= 0.6 is 0 Å². The number of carbonyl (C=O) groups is 2. The number of nitrogens with one attached hydrogen (secondary N) is 1. The van der Waals surface area contributed by atoms with Gasteiger partial charge in [-0.3, -0.25) is 4.79 Å². The Bertz CT molecular complexity index is 1140. The van der Waals surface area contributed by atoms with Gasteiger partial charge in [-0.1, -0.05) is 0 Å². The van der Waals surface area contributed by atoms with Gasteiger partial charge in [-0.2, -0.15) is 17.6 Å². The van der Waals surface area contributed by atoms with Crippen LogP contribution in [-0.2, 0) is 14.3 Å². The number of hydrogen-bond acceptors (Lipinski definition) is 7. The van der Waals surface area contributed by atoms with Crippen molar-refractivity contribution in [2.75, 3.05) is 38.1 Å². The molecule has 1 amide bonds. The number of ether oxygens (including phenoxy) is 3. The molecule has 2 aromatic rings. The van der Waals surface area contributed by atoms with E-state index in [1.165, 1.54) is 19.1 Å². The standard InChI is InChI=1S/C22H22F5N3O5/c1-11-7-12(8-14(28-11)20(32)34-3)29-19(31)16-9-21(35-4,22(25,26)27)10-30(16)15-6-5-13(23)17(24)18(15)33-2/h5-8,16H,9-10H2,1-4H3,(H,28,29,31)/t16-,21+/m0/s1. The van der Waals surface area contributed by atoms with E-state index in [0.29, 0.717) is 5.69 Å². The van der Waals surface area contributed by atoms with Gasteiger partial charge in [0, 0.05) is 24.9 Å². The molecule has 0 bridgehead atoms. The molecule has 3 rings (SSSR count). The van der Waals surface area contributed by atoms with Crippen LogP contribution in [-0.4, -0.2) is 62.6 Å². The number of rotatable bonds is 6. The molecule has 0 spiro atoms. The first kappa shape index (κ1) is 26.1. The second-order valence-corrected chi connectivity index (χ2v) is 7.82. The Hall–Kier alpha value is -3.48. The summed E-state index contributed by atoms with van der Waals surface area (Å²) < 4.78 is 84.5. The summed E-state index contributed by atoms with van der Waals surface area (Å²) in [6.45, 7) is 0.644. The van der Waals surface area contributed by atoms with Gasteiger partial charge in [-0.15, -0.1) is 0 Å². The van der Waals surface area contributed by atoms with Crippen LogP contribution in [0.4, 0.5) is 33.3 Å². The molecule has 0 saturated carbocycles. The van der Waals surface area contributed by atoms with Gasteiger partial charge in [0.1, 0.15) is 6.04 Å². The van der Waals surface area contributed by atoms with Crippen LogP contribution < -0.4 is 15.0 Å². The minimum atomic E-state index is -4.90. The Balaban J connectivity index is 2.05. The lowest BCUT2D eigenvalue weighted by Crippen LogP contribution is -2.49. The summed E-state index contributed by atoms with van der Waals surface area (Å²) >= 11 is 0. The first-order chi connectivity index (χ1) is 16.4. The Morgan fingerprint density at radius 3 is 2.43 bits per heavy atom. The summed E-state index contributed by atoms with van der Waals surface area (Å²) in [5, 5.41) is 2.46. The summed E-state index contributed by atoms with van der Waals surface area (Å²) in [6.07, 6.45) is -5.75. The number of nitrogens with zero attached hydrogens (tertiary/aromatic N) is 2. The van der Waals surface area contributed by atoms with Crippen molar-refractivity contribution in [3.05, 3.63) is 47.3 Å². The molecule has 35 heavy (non-hydrogen) atoms. The maximum absolute atomic E-state index is 14.4. The van der Waals surface area contributed by atoms with Gasteiger partial charge in [0.05, 0.1) is 26.5 Å². The summed E-state index contributed by atoms with van der Waals surface area (Å²) in [4.78, 5) is 30.0. The predicted octanol–water partition coefficient (Wildman–Crippen LogP) is 3.63. The molecule has 1 N–H and O–H groups in total. The summed E-state index contributed by atoms with van der Waals surface area (Å²) in [5.41, 5.74) is -2.78. The topological polar surface area (TPSA) is 90.0 Å². The van der Waals surface area contributed by atoms with Crippen molar-refractivity contribution < 1.29 is 45.8 Å². The highest BCUT2D eigenvalue weighted by molar-refractivity contribution is 5.99. The number of halogens is 5. The van der Waals surface area contributed by atoms with E-state index in [0.717, 1.165) is 38.4 Å². The van der Waals surface area contributed by atoms with E-state index in [-0.39, 0.29) is 17.1 Å². The van der Waals surface area contributed by atoms with Gasteiger partial charge >= 0.3 is 12.1 Å². The molecule has 2 atom stereocenters. The second kappa shape index (κ2) is 9.64. The van der Waals surface area contributed by atoms with Crippen molar-refractivity contribution >= 4 is 23.3 Å². The number of aromatic nitrogens is 1. The fourth-order valence-electron chi connectivity index (χ4n) is 3.95. The highest BCUT2D eigenvalue weighted by Gasteiger charge is 2.63. The lowest BCUT2D eigenvalue weighted by Gasteiger charge is -2.31. The number of benzene rings is 1. The third-order valence-electron chi connectivity index (χ3n) is 5.69. The molecule has 1 fully saturated rings. The number of pyridine rings is 1. The number of hydrogen-bond donors (Lipinski definition) is 1. The molecule has 1 aliphatic heterocycles. The predicted molar refractivity (Wildman–Crippen MR) is 113 cm³/mol. The van der Waals surface area contributed by atoms with Crippen molar-refractivity contribution in [2.45, 2.75) is 31.2 Å². The van der Waals surface area contributed by atoms with E-state index in [1.807, 2.05) is 0 Å². The average Bonchev–Trinajstić information content (AvgIpc) is 3.21. The maximum Gasteiger partial charge on any atom is 0.419 e. The first-order valence-corrected chi connectivity index (χ1v) is 10.2. The molecule has 0 unspecified atom stereocenters. The molecule has 0 aliphatic carbocycles. The monoisotopic (exact) mass is 503 g/mol. The van der Waals surface area contributed by atoms with E-state index in [2.05, 4.69) is 15.0 Å². The Morgan fingerprint density at radius 2 is 1.86 bits per heavy atom. The quantitative estimate of drug-likeness (QED) is 0.476. The molecular weight excluding hydrogens is 481 g/mol. The van der Waals surface area contributed by atoms with Crippen LogP contribution in [0.15, 0.2) is 24.3 Å². The van der Waals surface area contributed by atoms with Crippen LogP contribution in [0.3, 0.4) is 0 Å². The van der Waals surface area contributed by atoms with E-state index < -0.39 is 60.0 Å². The average molecular weight is 503 g/mol. The number of aryl methyl sites for hydroxylation is 1. The highest BCUT2D eigenvalue weighted by atomic mass is 19.4. The number of methoxy groups -OCH3 is 3. The maximum atomic E-state index is 14.4. The van der Waals surface area contributed by atoms with E-state index in [4.69, 9.17) is 9.47 Å². The normalized spacial score (nSPS) is 20.0. The Labute approximate surface area is 197 Å². The fourth-order valence-corrected chi connectivity index (χ4v) is 3.95. The number of carbonyl (C=O) groups excluding carboxylic acids is 2. The zero-order chi connectivity index (χ0) is 26.1. The molecule has 190 valence electrons. The fraction of sp³-hybridized carbons (Fsp3) is 0.409. The number of amides is 1. The van der Waals surface area contributed by atoms with Crippen LogP contribution in [0.2, 0.25) is 0 Å².